The minimum Gasteiger partial charge on any atom is -0.480 e. The van der Waals surface area contributed by atoms with E-state index in [0.717, 1.165) is 0 Å². The van der Waals surface area contributed by atoms with Crippen molar-refractivity contribution in [3.8, 4) is 0 Å². The molecule has 102 valence electrons. The maximum absolute atomic E-state index is 11.9. The lowest BCUT2D eigenvalue weighted by Gasteiger charge is -2.26. The van der Waals surface area contributed by atoms with E-state index in [2.05, 4.69) is 10.6 Å². The maximum atomic E-state index is 11.9. The minimum atomic E-state index is -1.02. The number of thioether (sulfide) groups is 1. The maximum Gasteiger partial charge on any atom is 0.327 e. The van der Waals surface area contributed by atoms with Crippen LogP contribution in [-0.4, -0.2) is 58.7 Å². The standard InChI is InChI=1S/C10H17N3O4S/c1-3-8-13(6(5-18-8)9(15)16)10(17)12-4-7(14)11-2/h6,8H,3-5H2,1-2H3,(H,11,14)(H,12,17)(H,15,16). The molecule has 1 rings (SSSR count). The Morgan fingerprint density at radius 2 is 2.11 bits per heavy atom. The first-order valence-corrected chi connectivity index (χ1v) is 6.67. The molecule has 0 bridgehead atoms. The van der Waals surface area contributed by atoms with Crippen molar-refractivity contribution in [2.75, 3.05) is 19.3 Å². The van der Waals surface area contributed by atoms with Crippen LogP contribution in [0.25, 0.3) is 0 Å². The van der Waals surface area contributed by atoms with Gasteiger partial charge in [0, 0.05) is 12.8 Å². The van der Waals surface area contributed by atoms with Crippen LogP contribution in [0.1, 0.15) is 13.3 Å². The molecule has 0 aromatic carbocycles. The largest absolute Gasteiger partial charge is 0.480 e. The minimum absolute atomic E-state index is 0.153. The van der Waals surface area contributed by atoms with Crippen LogP contribution in [0.2, 0.25) is 0 Å². The van der Waals surface area contributed by atoms with Gasteiger partial charge in [0.1, 0.15) is 6.04 Å². The van der Waals surface area contributed by atoms with Gasteiger partial charge in [0.25, 0.3) is 0 Å². The molecule has 0 spiro atoms. The molecule has 0 aromatic rings. The fraction of sp³-hybridized carbons (Fsp3) is 0.700. The summed E-state index contributed by atoms with van der Waals surface area (Å²) in [6, 6.07) is -1.34. The molecule has 7 nitrogen and oxygen atoms in total. The van der Waals surface area contributed by atoms with E-state index in [0.29, 0.717) is 12.2 Å². The van der Waals surface area contributed by atoms with Gasteiger partial charge in [0.2, 0.25) is 5.91 Å². The summed E-state index contributed by atoms with van der Waals surface area (Å²) in [6.45, 7) is 1.74. The molecule has 1 saturated heterocycles. The predicted molar refractivity (Wildman–Crippen MR) is 67.3 cm³/mol. The second-order valence-corrected chi connectivity index (χ2v) is 5.00. The molecular formula is C10H17N3O4S. The molecule has 3 N–H and O–H groups in total. The van der Waals surface area contributed by atoms with Crippen molar-refractivity contribution < 1.29 is 19.5 Å². The van der Waals surface area contributed by atoms with Crippen molar-refractivity contribution in [2.45, 2.75) is 24.8 Å². The second kappa shape index (κ2) is 6.48. The van der Waals surface area contributed by atoms with Crippen LogP contribution in [0.15, 0.2) is 0 Å². The SMILES string of the molecule is CCC1SCC(C(=O)O)N1C(=O)NCC(=O)NC. The highest BCUT2D eigenvalue weighted by atomic mass is 32.2. The Kier molecular flexibility index (Phi) is 5.26. The summed E-state index contributed by atoms with van der Waals surface area (Å²) in [7, 11) is 1.47. The molecule has 0 aromatic heterocycles. The molecule has 18 heavy (non-hydrogen) atoms. The number of carbonyl (C=O) groups excluding carboxylic acids is 2. The van der Waals surface area contributed by atoms with Crippen LogP contribution >= 0.6 is 11.8 Å². The van der Waals surface area contributed by atoms with Gasteiger partial charge in [-0.2, -0.15) is 0 Å². The summed E-state index contributed by atoms with van der Waals surface area (Å²) in [5.74, 6) is -0.968. The van der Waals surface area contributed by atoms with Crippen molar-refractivity contribution in [3.05, 3.63) is 0 Å². The lowest BCUT2D eigenvalue weighted by Crippen LogP contribution is -2.51. The number of carbonyl (C=O) groups is 3. The van der Waals surface area contributed by atoms with Gasteiger partial charge in [0.15, 0.2) is 0 Å². The lowest BCUT2D eigenvalue weighted by molar-refractivity contribution is -0.141. The fourth-order valence-electron chi connectivity index (χ4n) is 1.68. The molecule has 0 aliphatic carbocycles. The average molecular weight is 275 g/mol. The number of hydrogen-bond acceptors (Lipinski definition) is 4. The van der Waals surface area contributed by atoms with Gasteiger partial charge in [-0.15, -0.1) is 11.8 Å². The Labute approximate surface area is 109 Å². The number of nitrogens with one attached hydrogen (secondary N) is 2. The van der Waals surface area contributed by atoms with Crippen LogP contribution in [-0.2, 0) is 9.59 Å². The zero-order valence-electron chi connectivity index (χ0n) is 10.3. The smallest absolute Gasteiger partial charge is 0.327 e. The molecule has 0 saturated carbocycles. The van der Waals surface area contributed by atoms with E-state index < -0.39 is 18.0 Å². The highest BCUT2D eigenvalue weighted by Gasteiger charge is 2.40. The first kappa shape index (κ1) is 14.6. The number of carboxylic acids is 1. The molecule has 1 aliphatic heterocycles. The van der Waals surface area contributed by atoms with Crippen molar-refractivity contribution in [1.29, 1.82) is 0 Å². The average Bonchev–Trinajstić information content (AvgIpc) is 2.79. The topological polar surface area (TPSA) is 98.7 Å². The van der Waals surface area contributed by atoms with E-state index >= 15 is 0 Å². The number of carboxylic acid groups (broad SMARTS) is 1. The van der Waals surface area contributed by atoms with Crippen molar-refractivity contribution in [1.82, 2.24) is 15.5 Å². The number of amides is 3. The molecule has 0 radical (unpaired) electrons. The van der Waals surface area contributed by atoms with E-state index in [9.17, 15) is 14.4 Å². The van der Waals surface area contributed by atoms with Crippen LogP contribution in [0.5, 0.6) is 0 Å². The number of nitrogens with zero attached hydrogens (tertiary/aromatic N) is 1. The summed E-state index contributed by atoms with van der Waals surface area (Å²) >= 11 is 1.44. The molecule has 1 fully saturated rings. The van der Waals surface area contributed by atoms with E-state index in [-0.39, 0.29) is 17.8 Å². The molecule has 8 heteroatoms. The zero-order chi connectivity index (χ0) is 13.7. The Bertz CT molecular complexity index is 350. The van der Waals surface area contributed by atoms with Gasteiger partial charge in [-0.25, -0.2) is 9.59 Å². The monoisotopic (exact) mass is 275 g/mol. The summed E-state index contributed by atoms with van der Waals surface area (Å²) < 4.78 is 0. The predicted octanol–water partition coefficient (Wildman–Crippen LogP) is -0.320. The molecule has 2 atom stereocenters. The van der Waals surface area contributed by atoms with Crippen LogP contribution in [0.3, 0.4) is 0 Å². The first-order valence-electron chi connectivity index (χ1n) is 5.62. The third-order valence-electron chi connectivity index (χ3n) is 2.64. The summed E-state index contributed by atoms with van der Waals surface area (Å²) in [6.07, 6.45) is 0.668. The second-order valence-electron chi connectivity index (χ2n) is 3.79. The molecular weight excluding hydrogens is 258 g/mol. The first-order chi connectivity index (χ1) is 8.51. The van der Waals surface area contributed by atoms with E-state index in [4.69, 9.17) is 5.11 Å². The van der Waals surface area contributed by atoms with E-state index in [1.807, 2.05) is 6.92 Å². The van der Waals surface area contributed by atoms with Crippen molar-refractivity contribution in [2.24, 2.45) is 0 Å². The number of aliphatic carboxylic acids is 1. The Hall–Kier alpha value is -1.44. The summed E-state index contributed by atoms with van der Waals surface area (Å²) in [5, 5.41) is 13.7. The molecule has 2 unspecified atom stereocenters. The van der Waals surface area contributed by atoms with Gasteiger partial charge in [-0.1, -0.05) is 6.92 Å². The quantitative estimate of drug-likeness (QED) is 0.653. The fourth-order valence-corrected chi connectivity index (χ4v) is 3.02. The van der Waals surface area contributed by atoms with Gasteiger partial charge >= 0.3 is 12.0 Å². The third kappa shape index (κ3) is 3.28. The summed E-state index contributed by atoms with van der Waals surface area (Å²) in [5.41, 5.74) is 0. The van der Waals surface area contributed by atoms with Crippen LogP contribution < -0.4 is 10.6 Å². The lowest BCUT2D eigenvalue weighted by atomic mass is 10.3. The Morgan fingerprint density at radius 1 is 1.44 bits per heavy atom. The molecule has 3 amide bonds. The third-order valence-corrected chi connectivity index (χ3v) is 4.09. The van der Waals surface area contributed by atoms with E-state index in [1.54, 1.807) is 0 Å². The number of hydrogen-bond donors (Lipinski definition) is 3. The van der Waals surface area contributed by atoms with Crippen molar-refractivity contribution >= 4 is 29.7 Å². The number of urea groups is 1. The highest BCUT2D eigenvalue weighted by Crippen LogP contribution is 2.31. The normalized spacial score (nSPS) is 22.7. The number of rotatable bonds is 4. The molecule has 1 aliphatic rings. The van der Waals surface area contributed by atoms with Crippen LogP contribution in [0, 0.1) is 0 Å². The van der Waals surface area contributed by atoms with Gasteiger partial charge in [0.05, 0.1) is 11.9 Å². The Morgan fingerprint density at radius 3 is 2.61 bits per heavy atom. The van der Waals surface area contributed by atoms with Gasteiger partial charge < -0.3 is 15.7 Å². The Balaban J connectivity index is 2.66. The van der Waals surface area contributed by atoms with E-state index in [1.165, 1.54) is 23.7 Å². The molecule has 1 heterocycles. The highest BCUT2D eigenvalue weighted by molar-refractivity contribution is 8.00. The van der Waals surface area contributed by atoms with Crippen molar-refractivity contribution in [3.63, 3.8) is 0 Å². The summed E-state index contributed by atoms with van der Waals surface area (Å²) in [4.78, 5) is 35.3. The zero-order valence-corrected chi connectivity index (χ0v) is 11.1. The van der Waals surface area contributed by atoms with Crippen LogP contribution in [0.4, 0.5) is 4.79 Å². The van der Waals surface area contributed by atoms with Gasteiger partial charge in [-0.05, 0) is 6.42 Å². The van der Waals surface area contributed by atoms with Gasteiger partial charge in [-0.3, -0.25) is 9.69 Å². The number of likely N-dealkylation sites (N-methyl/N-ethyl adjacent to an activating group) is 1.